The molecular weight excluding hydrogens is 242 g/mol. The van der Waals surface area contributed by atoms with Crippen LogP contribution in [0, 0.1) is 0 Å². The Morgan fingerprint density at radius 2 is 1.25 bits per heavy atom. The Hall–Kier alpha value is -1.60. The summed E-state index contributed by atoms with van der Waals surface area (Å²) < 4.78 is 0. The van der Waals surface area contributed by atoms with Crippen molar-refractivity contribution in [2.45, 2.75) is 43.6 Å². The van der Waals surface area contributed by atoms with Crippen molar-refractivity contribution >= 4 is 0 Å². The van der Waals surface area contributed by atoms with Crippen LogP contribution in [0.2, 0.25) is 0 Å². The maximum absolute atomic E-state index is 6.55. The zero-order valence-corrected chi connectivity index (χ0v) is 11.8. The van der Waals surface area contributed by atoms with Crippen LogP contribution in [0.1, 0.15) is 60.4 Å². The number of hydrogen-bond donors (Lipinski definition) is 1. The molecule has 2 N–H and O–H groups in total. The summed E-state index contributed by atoms with van der Waals surface area (Å²) in [6.45, 7) is 0. The highest BCUT2D eigenvalue weighted by atomic mass is 14.7. The van der Waals surface area contributed by atoms with Gasteiger partial charge in [-0.25, -0.2) is 0 Å². The first-order valence-electron chi connectivity index (χ1n) is 7.77. The van der Waals surface area contributed by atoms with Crippen LogP contribution in [0.5, 0.6) is 0 Å². The minimum atomic E-state index is 0.0370. The highest BCUT2D eigenvalue weighted by Crippen LogP contribution is 2.52. The Morgan fingerprint density at radius 1 is 0.750 bits per heavy atom. The van der Waals surface area contributed by atoms with E-state index in [1.807, 2.05) is 0 Å². The molecule has 1 spiro atoms. The molecule has 2 aromatic rings. The number of hydrogen-bond acceptors (Lipinski definition) is 1. The Balaban J connectivity index is 2.01. The lowest BCUT2D eigenvalue weighted by Gasteiger charge is -2.45. The maximum Gasteiger partial charge on any atom is 0.0557 e. The molecule has 2 aromatic carbocycles. The van der Waals surface area contributed by atoms with Gasteiger partial charge in [-0.05, 0) is 35.1 Å². The predicted molar refractivity (Wildman–Crippen MR) is 82.8 cm³/mol. The molecule has 20 heavy (non-hydrogen) atoms. The molecule has 0 bridgehead atoms. The summed E-state index contributed by atoms with van der Waals surface area (Å²) in [5, 5.41) is 0. The van der Waals surface area contributed by atoms with Gasteiger partial charge < -0.3 is 5.73 Å². The van der Waals surface area contributed by atoms with E-state index in [0.29, 0.717) is 0 Å². The van der Waals surface area contributed by atoms with Gasteiger partial charge in [0.2, 0.25) is 0 Å². The summed E-state index contributed by atoms with van der Waals surface area (Å²) in [5.74, 6) is 0. The van der Waals surface area contributed by atoms with Crippen molar-refractivity contribution in [3.8, 4) is 0 Å². The van der Waals surface area contributed by atoms with Crippen LogP contribution in [0.25, 0.3) is 0 Å². The number of benzene rings is 2. The monoisotopic (exact) mass is 263 g/mol. The smallest absolute Gasteiger partial charge is 0.0557 e. The number of rotatable bonds is 0. The van der Waals surface area contributed by atoms with Gasteiger partial charge in [0.25, 0.3) is 0 Å². The van der Waals surface area contributed by atoms with Crippen molar-refractivity contribution in [2.24, 2.45) is 5.73 Å². The van der Waals surface area contributed by atoms with Gasteiger partial charge in [-0.2, -0.15) is 0 Å². The first-order chi connectivity index (χ1) is 9.83. The summed E-state index contributed by atoms with van der Waals surface area (Å²) in [6, 6.07) is 17.7. The standard InChI is InChI=1S/C19H21N/c20-18-14-8-2-4-10-16(14)19(12-6-1-7-13-19)17-11-5-3-9-15(17)18/h2-5,8-11,18H,1,6-7,12-13,20H2. The fraction of sp³-hybridized carbons (Fsp3) is 0.368. The molecule has 0 amide bonds. The van der Waals surface area contributed by atoms with Gasteiger partial charge in [-0.1, -0.05) is 67.8 Å². The van der Waals surface area contributed by atoms with Crippen LogP contribution in [0.3, 0.4) is 0 Å². The highest BCUT2D eigenvalue weighted by Gasteiger charge is 2.42. The lowest BCUT2D eigenvalue weighted by atomic mass is 9.59. The van der Waals surface area contributed by atoms with Gasteiger partial charge in [-0.15, -0.1) is 0 Å². The van der Waals surface area contributed by atoms with E-state index in [-0.39, 0.29) is 11.5 Å². The molecule has 0 heterocycles. The Bertz CT molecular complexity index is 588. The van der Waals surface area contributed by atoms with Gasteiger partial charge >= 0.3 is 0 Å². The van der Waals surface area contributed by atoms with Gasteiger partial charge in [0.05, 0.1) is 6.04 Å². The van der Waals surface area contributed by atoms with Crippen LogP contribution < -0.4 is 5.73 Å². The molecular formula is C19H21N. The molecule has 1 saturated carbocycles. The molecule has 1 heteroatoms. The van der Waals surface area contributed by atoms with Crippen molar-refractivity contribution in [3.05, 3.63) is 70.8 Å². The fourth-order valence-electron chi connectivity index (χ4n) is 4.41. The molecule has 0 aromatic heterocycles. The largest absolute Gasteiger partial charge is 0.320 e. The van der Waals surface area contributed by atoms with E-state index in [1.54, 1.807) is 0 Å². The van der Waals surface area contributed by atoms with Gasteiger partial charge in [0, 0.05) is 5.41 Å². The average molecular weight is 263 g/mol. The molecule has 0 radical (unpaired) electrons. The Morgan fingerprint density at radius 3 is 1.80 bits per heavy atom. The van der Waals surface area contributed by atoms with Crippen LogP contribution in [0.4, 0.5) is 0 Å². The summed E-state index contributed by atoms with van der Waals surface area (Å²) in [7, 11) is 0. The summed E-state index contributed by atoms with van der Waals surface area (Å²) in [6.07, 6.45) is 6.58. The average Bonchev–Trinajstić information content (AvgIpc) is 2.54. The molecule has 0 unspecified atom stereocenters. The van der Waals surface area contributed by atoms with Gasteiger partial charge in [-0.3, -0.25) is 0 Å². The molecule has 102 valence electrons. The second kappa shape index (κ2) is 4.46. The second-order valence-corrected chi connectivity index (χ2v) is 6.29. The van der Waals surface area contributed by atoms with E-state index in [4.69, 9.17) is 5.73 Å². The van der Waals surface area contributed by atoms with E-state index in [1.165, 1.54) is 54.4 Å². The molecule has 1 nitrogen and oxygen atoms in total. The first-order valence-corrected chi connectivity index (χ1v) is 7.77. The van der Waals surface area contributed by atoms with Crippen LogP contribution in [0.15, 0.2) is 48.5 Å². The topological polar surface area (TPSA) is 26.0 Å². The van der Waals surface area contributed by atoms with Crippen LogP contribution >= 0.6 is 0 Å². The molecule has 2 aliphatic rings. The summed E-state index contributed by atoms with van der Waals surface area (Å²) in [5.41, 5.74) is 12.4. The first kappa shape index (κ1) is 12.2. The van der Waals surface area contributed by atoms with E-state index < -0.39 is 0 Å². The second-order valence-electron chi connectivity index (χ2n) is 6.29. The van der Waals surface area contributed by atoms with E-state index in [0.717, 1.165) is 0 Å². The third kappa shape index (κ3) is 1.53. The molecule has 4 rings (SSSR count). The molecule has 0 atom stereocenters. The normalized spacial score (nSPS) is 20.4. The van der Waals surface area contributed by atoms with Crippen LogP contribution in [-0.4, -0.2) is 0 Å². The van der Waals surface area contributed by atoms with E-state index >= 15 is 0 Å². The third-order valence-corrected chi connectivity index (χ3v) is 5.33. The minimum Gasteiger partial charge on any atom is -0.320 e. The van der Waals surface area contributed by atoms with E-state index in [2.05, 4.69) is 48.5 Å². The Kier molecular flexibility index (Phi) is 2.71. The zero-order chi connectivity index (χ0) is 13.6. The van der Waals surface area contributed by atoms with Crippen molar-refractivity contribution in [2.75, 3.05) is 0 Å². The molecule has 2 aliphatic carbocycles. The van der Waals surface area contributed by atoms with Gasteiger partial charge in [0.15, 0.2) is 0 Å². The SMILES string of the molecule is NC1c2ccccc2C2(CCCCC2)c2ccccc21. The number of fused-ring (bicyclic) bond motifs is 4. The quantitative estimate of drug-likeness (QED) is 0.753. The fourth-order valence-corrected chi connectivity index (χ4v) is 4.41. The third-order valence-electron chi connectivity index (χ3n) is 5.33. The molecule has 1 fully saturated rings. The maximum atomic E-state index is 6.55. The summed E-state index contributed by atoms with van der Waals surface area (Å²) >= 11 is 0. The zero-order valence-electron chi connectivity index (χ0n) is 11.8. The lowest BCUT2D eigenvalue weighted by molar-refractivity contribution is 0.334. The van der Waals surface area contributed by atoms with Crippen LogP contribution in [-0.2, 0) is 5.41 Å². The van der Waals surface area contributed by atoms with Crippen molar-refractivity contribution < 1.29 is 0 Å². The lowest BCUT2D eigenvalue weighted by Crippen LogP contribution is -2.38. The van der Waals surface area contributed by atoms with Crippen molar-refractivity contribution in [1.29, 1.82) is 0 Å². The number of nitrogens with two attached hydrogens (primary N) is 1. The van der Waals surface area contributed by atoms with Crippen molar-refractivity contribution in [3.63, 3.8) is 0 Å². The minimum absolute atomic E-state index is 0.0370. The Labute approximate surface area is 120 Å². The van der Waals surface area contributed by atoms with Gasteiger partial charge in [0.1, 0.15) is 0 Å². The highest BCUT2D eigenvalue weighted by molar-refractivity contribution is 5.56. The van der Waals surface area contributed by atoms with E-state index in [9.17, 15) is 0 Å². The molecule has 0 saturated heterocycles. The predicted octanol–water partition coefficient (Wildman–Crippen LogP) is 4.30. The summed E-state index contributed by atoms with van der Waals surface area (Å²) in [4.78, 5) is 0. The molecule has 0 aliphatic heterocycles. The van der Waals surface area contributed by atoms with Crippen molar-refractivity contribution in [1.82, 2.24) is 0 Å².